The lowest BCUT2D eigenvalue weighted by molar-refractivity contribution is -0.121. The quantitative estimate of drug-likeness (QED) is 0.378. The van der Waals surface area contributed by atoms with E-state index >= 15 is 0 Å². The molecule has 0 radical (unpaired) electrons. The van der Waals surface area contributed by atoms with Gasteiger partial charge in [-0.1, -0.05) is 41.6 Å². The number of H-pyrrole nitrogens is 1. The Labute approximate surface area is 198 Å². The van der Waals surface area contributed by atoms with Crippen molar-refractivity contribution in [2.45, 2.75) is 16.8 Å². The second-order valence-electron chi connectivity index (χ2n) is 7.26. The number of anilines is 1. The molecule has 9 heteroatoms. The number of carbonyl (C=O) groups excluding carboxylic acids is 2. The lowest BCUT2D eigenvalue weighted by atomic mass is 10.2. The van der Waals surface area contributed by atoms with Gasteiger partial charge in [-0.05, 0) is 60.7 Å². The third kappa shape index (κ3) is 4.62. The first-order valence-corrected chi connectivity index (χ1v) is 11.4. The fraction of sp³-hybridized carbons (Fsp3) is 0.0833. The Balaban J connectivity index is 1.27. The molecular weight excluding hydrogens is 460 g/mol. The van der Waals surface area contributed by atoms with Gasteiger partial charge in [0.25, 0.3) is 0 Å². The molecule has 4 aromatic rings. The summed E-state index contributed by atoms with van der Waals surface area (Å²) in [6, 6.07) is 23.4. The highest BCUT2D eigenvalue weighted by Gasteiger charge is 2.40. The smallest absolute Gasteiger partial charge is 0.247 e. The first-order chi connectivity index (χ1) is 16.1. The maximum absolute atomic E-state index is 13.0. The van der Waals surface area contributed by atoms with E-state index in [9.17, 15) is 9.59 Å². The van der Waals surface area contributed by atoms with Gasteiger partial charge >= 0.3 is 0 Å². The normalized spacial score (nSPS) is 15.8. The number of hydrogen-bond acceptors (Lipinski definition) is 6. The maximum Gasteiger partial charge on any atom is 0.247 e. The molecule has 1 fully saturated rings. The molecule has 0 spiro atoms. The van der Waals surface area contributed by atoms with E-state index < -0.39 is 5.25 Å². The SMILES string of the molecule is O=C1CC(Sc2n[nH]c(-c3ccc(Cl)cc3)n2)C(=O)N1c1ccc(Oc2ccccc2)cc1. The zero-order chi connectivity index (χ0) is 22.8. The van der Waals surface area contributed by atoms with Crippen LogP contribution in [-0.2, 0) is 9.59 Å². The Bertz CT molecular complexity index is 1290. The van der Waals surface area contributed by atoms with Gasteiger partial charge in [-0.3, -0.25) is 14.7 Å². The summed E-state index contributed by atoms with van der Waals surface area (Å²) in [4.78, 5) is 31.2. The van der Waals surface area contributed by atoms with Gasteiger partial charge in [0.1, 0.15) is 16.7 Å². The van der Waals surface area contributed by atoms with Crippen molar-refractivity contribution >= 4 is 40.9 Å². The van der Waals surface area contributed by atoms with E-state index in [-0.39, 0.29) is 18.2 Å². The van der Waals surface area contributed by atoms with E-state index in [0.717, 1.165) is 5.56 Å². The van der Waals surface area contributed by atoms with Crippen LogP contribution in [0.5, 0.6) is 11.5 Å². The monoisotopic (exact) mass is 476 g/mol. The van der Waals surface area contributed by atoms with Crippen molar-refractivity contribution in [3.63, 3.8) is 0 Å². The molecule has 33 heavy (non-hydrogen) atoms. The third-order valence-electron chi connectivity index (χ3n) is 5.01. The number of thioether (sulfide) groups is 1. The minimum absolute atomic E-state index is 0.0799. The van der Waals surface area contributed by atoms with Crippen LogP contribution < -0.4 is 9.64 Å². The van der Waals surface area contributed by atoms with E-state index in [1.807, 2.05) is 42.5 Å². The number of nitrogens with zero attached hydrogens (tertiary/aromatic N) is 3. The summed E-state index contributed by atoms with van der Waals surface area (Å²) >= 11 is 7.09. The van der Waals surface area contributed by atoms with Crippen LogP contribution in [0.3, 0.4) is 0 Å². The van der Waals surface area contributed by atoms with Gasteiger partial charge in [-0.15, -0.1) is 5.10 Å². The number of aromatic nitrogens is 3. The second-order valence-corrected chi connectivity index (χ2v) is 8.87. The highest BCUT2D eigenvalue weighted by molar-refractivity contribution is 8.00. The molecule has 1 saturated heterocycles. The molecule has 1 N–H and O–H groups in total. The van der Waals surface area contributed by atoms with E-state index in [0.29, 0.717) is 33.2 Å². The Morgan fingerprint density at radius 3 is 2.36 bits per heavy atom. The standard InChI is InChI=1S/C24H17ClN4O3S/c25-16-8-6-15(7-9-16)22-26-24(28-27-22)33-20-14-21(30)29(23(20)31)17-10-12-19(13-11-17)32-18-4-2-1-3-5-18/h1-13,20H,14H2,(H,26,27,28). The minimum atomic E-state index is -0.591. The Morgan fingerprint density at radius 2 is 1.64 bits per heavy atom. The summed E-state index contributed by atoms with van der Waals surface area (Å²) in [5, 5.41) is 7.48. The third-order valence-corrected chi connectivity index (χ3v) is 6.31. The molecule has 1 atom stereocenters. The van der Waals surface area contributed by atoms with Crippen LogP contribution >= 0.6 is 23.4 Å². The predicted molar refractivity (Wildman–Crippen MR) is 127 cm³/mol. The number of hydrogen-bond donors (Lipinski definition) is 1. The molecule has 1 aliphatic rings. The molecule has 1 unspecified atom stereocenters. The van der Waals surface area contributed by atoms with Crippen molar-refractivity contribution in [2.24, 2.45) is 0 Å². The van der Waals surface area contributed by atoms with Gasteiger partial charge in [-0.25, -0.2) is 9.88 Å². The molecule has 0 bridgehead atoms. The Hall–Kier alpha value is -3.62. The minimum Gasteiger partial charge on any atom is -0.457 e. The zero-order valence-electron chi connectivity index (χ0n) is 17.1. The van der Waals surface area contributed by atoms with Crippen LogP contribution in [0.25, 0.3) is 11.4 Å². The number of para-hydroxylation sites is 1. The Morgan fingerprint density at radius 1 is 0.939 bits per heavy atom. The van der Waals surface area contributed by atoms with Crippen LogP contribution in [0.2, 0.25) is 5.02 Å². The number of benzene rings is 3. The molecule has 5 rings (SSSR count). The maximum atomic E-state index is 13.0. The average Bonchev–Trinajstić information content (AvgIpc) is 3.40. The van der Waals surface area contributed by atoms with Crippen molar-refractivity contribution in [1.82, 2.24) is 15.2 Å². The van der Waals surface area contributed by atoms with Crippen molar-refractivity contribution in [1.29, 1.82) is 0 Å². The predicted octanol–water partition coefficient (Wildman–Crippen LogP) is 5.34. The summed E-state index contributed by atoms with van der Waals surface area (Å²) in [5.41, 5.74) is 1.33. The highest BCUT2D eigenvalue weighted by atomic mass is 35.5. The van der Waals surface area contributed by atoms with Gasteiger partial charge in [0.05, 0.1) is 5.69 Å². The summed E-state index contributed by atoms with van der Waals surface area (Å²) in [6.07, 6.45) is 0.0799. The van der Waals surface area contributed by atoms with Gasteiger partial charge in [0.2, 0.25) is 17.0 Å². The number of rotatable bonds is 6. The highest BCUT2D eigenvalue weighted by Crippen LogP contribution is 2.34. The van der Waals surface area contributed by atoms with Crippen LogP contribution in [-0.4, -0.2) is 32.2 Å². The topological polar surface area (TPSA) is 88.2 Å². The largest absolute Gasteiger partial charge is 0.457 e. The first-order valence-electron chi connectivity index (χ1n) is 10.1. The lowest BCUT2D eigenvalue weighted by Gasteiger charge is -2.15. The average molecular weight is 477 g/mol. The number of carbonyl (C=O) groups is 2. The fourth-order valence-electron chi connectivity index (χ4n) is 3.42. The summed E-state index contributed by atoms with van der Waals surface area (Å²) in [6.45, 7) is 0. The fourth-order valence-corrected chi connectivity index (χ4v) is 4.47. The van der Waals surface area contributed by atoms with Gasteiger partial charge in [0, 0.05) is 17.0 Å². The molecular formula is C24H17ClN4O3S. The summed E-state index contributed by atoms with van der Waals surface area (Å²) in [5.74, 6) is 1.34. The molecule has 0 aliphatic carbocycles. The van der Waals surface area contributed by atoms with Crippen molar-refractivity contribution in [2.75, 3.05) is 4.90 Å². The molecule has 0 saturated carbocycles. The van der Waals surface area contributed by atoms with Crippen molar-refractivity contribution in [3.05, 3.63) is 83.9 Å². The van der Waals surface area contributed by atoms with E-state index in [2.05, 4.69) is 15.2 Å². The van der Waals surface area contributed by atoms with Crippen LogP contribution in [0, 0.1) is 0 Å². The second kappa shape index (κ2) is 9.09. The molecule has 2 amide bonds. The van der Waals surface area contributed by atoms with E-state index in [1.165, 1.54) is 16.7 Å². The van der Waals surface area contributed by atoms with Gasteiger partial charge in [0.15, 0.2) is 5.82 Å². The molecule has 7 nitrogen and oxygen atoms in total. The number of nitrogens with one attached hydrogen (secondary N) is 1. The molecule has 164 valence electrons. The van der Waals surface area contributed by atoms with Crippen LogP contribution in [0.1, 0.15) is 6.42 Å². The first kappa shape index (κ1) is 21.2. The van der Waals surface area contributed by atoms with Crippen LogP contribution in [0.4, 0.5) is 5.69 Å². The van der Waals surface area contributed by atoms with Crippen LogP contribution in [0.15, 0.2) is 84.0 Å². The zero-order valence-corrected chi connectivity index (χ0v) is 18.7. The number of amides is 2. The molecule has 3 aromatic carbocycles. The van der Waals surface area contributed by atoms with Gasteiger partial charge in [-0.2, -0.15) is 0 Å². The van der Waals surface area contributed by atoms with Crippen molar-refractivity contribution < 1.29 is 14.3 Å². The lowest BCUT2D eigenvalue weighted by Crippen LogP contribution is -2.31. The number of imide groups is 1. The van der Waals surface area contributed by atoms with Gasteiger partial charge < -0.3 is 4.74 Å². The number of aromatic amines is 1. The van der Waals surface area contributed by atoms with Crippen molar-refractivity contribution in [3.8, 4) is 22.9 Å². The molecule has 1 aliphatic heterocycles. The summed E-state index contributed by atoms with van der Waals surface area (Å²) < 4.78 is 5.78. The number of ether oxygens (including phenoxy) is 1. The molecule has 2 heterocycles. The number of halogens is 1. The molecule has 1 aromatic heterocycles. The Kier molecular flexibility index (Phi) is 5.85. The van der Waals surface area contributed by atoms with E-state index in [4.69, 9.17) is 16.3 Å². The summed E-state index contributed by atoms with van der Waals surface area (Å²) in [7, 11) is 0. The van der Waals surface area contributed by atoms with E-state index in [1.54, 1.807) is 36.4 Å².